The first-order chi connectivity index (χ1) is 15.5. The quantitative estimate of drug-likeness (QED) is 0.379. The number of rotatable bonds is 7. The van der Waals surface area contributed by atoms with Crippen molar-refractivity contribution in [3.63, 3.8) is 0 Å². The molecule has 168 valence electrons. The van der Waals surface area contributed by atoms with E-state index in [1.165, 1.54) is 12.1 Å². The van der Waals surface area contributed by atoms with Gasteiger partial charge in [0.1, 0.15) is 12.4 Å². The number of amides is 2. The number of aromatic amines is 1. The molecule has 0 radical (unpaired) electrons. The van der Waals surface area contributed by atoms with Crippen LogP contribution in [0.25, 0.3) is 22.2 Å². The molecule has 0 bridgehead atoms. The molecule has 32 heavy (non-hydrogen) atoms. The summed E-state index contributed by atoms with van der Waals surface area (Å²) in [4.78, 5) is 29.3. The highest BCUT2D eigenvalue weighted by molar-refractivity contribution is 8.76. The molecule has 0 spiro atoms. The van der Waals surface area contributed by atoms with Crippen LogP contribution in [0.4, 0.5) is 9.18 Å². The second kappa shape index (κ2) is 9.87. The van der Waals surface area contributed by atoms with Gasteiger partial charge in [-0.15, -0.1) is 0 Å². The van der Waals surface area contributed by atoms with Crippen molar-refractivity contribution in [1.82, 2.24) is 15.2 Å². The van der Waals surface area contributed by atoms with E-state index in [0.29, 0.717) is 37.2 Å². The van der Waals surface area contributed by atoms with E-state index >= 15 is 0 Å². The molecule has 4 rings (SSSR count). The molecule has 0 aliphatic carbocycles. The van der Waals surface area contributed by atoms with Crippen LogP contribution in [0.15, 0.2) is 36.4 Å². The average molecular weight is 474 g/mol. The predicted molar refractivity (Wildman–Crippen MR) is 129 cm³/mol. The lowest BCUT2D eigenvalue weighted by Gasteiger charge is -2.17. The molecule has 0 fully saturated rings. The summed E-state index contributed by atoms with van der Waals surface area (Å²) in [7, 11) is 5.01. The number of carbonyl (C=O) groups is 2. The van der Waals surface area contributed by atoms with Gasteiger partial charge in [0.25, 0.3) is 5.91 Å². The fourth-order valence-electron chi connectivity index (χ4n) is 3.91. The van der Waals surface area contributed by atoms with E-state index < -0.39 is 5.82 Å². The number of aromatic nitrogens is 1. The van der Waals surface area contributed by atoms with Crippen LogP contribution in [0.2, 0.25) is 0 Å². The number of halogens is 1. The van der Waals surface area contributed by atoms with Gasteiger partial charge in [-0.3, -0.25) is 4.79 Å². The Balaban J connectivity index is 1.53. The van der Waals surface area contributed by atoms with E-state index in [4.69, 9.17) is 4.74 Å². The molecule has 6 nitrogen and oxygen atoms in total. The van der Waals surface area contributed by atoms with Gasteiger partial charge in [-0.05, 0) is 41.5 Å². The summed E-state index contributed by atoms with van der Waals surface area (Å²) in [5.74, 6) is 0.0620. The van der Waals surface area contributed by atoms with E-state index in [9.17, 15) is 14.0 Å². The molecule has 1 aliphatic heterocycles. The second-order valence-electron chi connectivity index (χ2n) is 7.52. The van der Waals surface area contributed by atoms with Gasteiger partial charge in [0.15, 0.2) is 0 Å². The lowest BCUT2D eigenvalue weighted by atomic mass is 9.99. The van der Waals surface area contributed by atoms with Crippen molar-refractivity contribution in [3.8, 4) is 11.3 Å². The number of benzene rings is 2. The number of nitrogens with zero attached hydrogens (tertiary/aromatic N) is 1. The highest BCUT2D eigenvalue weighted by Gasteiger charge is 2.23. The molecule has 2 aromatic carbocycles. The Morgan fingerprint density at radius 3 is 2.78 bits per heavy atom. The molecular formula is C23H24FN3O3S2. The lowest BCUT2D eigenvalue weighted by Crippen LogP contribution is -2.27. The average Bonchev–Trinajstić information content (AvgIpc) is 3.05. The summed E-state index contributed by atoms with van der Waals surface area (Å²) >= 11 is 0. The van der Waals surface area contributed by atoms with E-state index in [-0.39, 0.29) is 12.0 Å². The van der Waals surface area contributed by atoms with Gasteiger partial charge in [0.2, 0.25) is 0 Å². The minimum absolute atomic E-state index is 0.254. The SMILES string of the molecule is CSSCCOC(=O)N(C)Cc1ccc(-c2[nH]c3cc(F)cc4c3c2CCNC4=O)cc1. The fourth-order valence-corrected chi connectivity index (χ4v) is 4.93. The Kier molecular flexibility index (Phi) is 6.95. The maximum absolute atomic E-state index is 14.1. The summed E-state index contributed by atoms with van der Waals surface area (Å²) in [6.07, 6.45) is 2.30. The van der Waals surface area contributed by atoms with Gasteiger partial charge in [-0.25, -0.2) is 9.18 Å². The highest BCUT2D eigenvalue weighted by Crippen LogP contribution is 2.34. The molecule has 9 heteroatoms. The smallest absolute Gasteiger partial charge is 0.409 e. The van der Waals surface area contributed by atoms with Crippen molar-refractivity contribution in [1.29, 1.82) is 0 Å². The lowest BCUT2D eigenvalue weighted by molar-refractivity contribution is 0.0956. The topological polar surface area (TPSA) is 74.4 Å². The van der Waals surface area contributed by atoms with E-state index in [2.05, 4.69) is 10.3 Å². The van der Waals surface area contributed by atoms with Crippen molar-refractivity contribution >= 4 is 44.5 Å². The maximum Gasteiger partial charge on any atom is 0.409 e. The predicted octanol–water partition coefficient (Wildman–Crippen LogP) is 4.84. The number of hydrogen-bond donors (Lipinski definition) is 2. The molecule has 0 saturated carbocycles. The minimum Gasteiger partial charge on any atom is -0.449 e. The van der Waals surface area contributed by atoms with Gasteiger partial charge in [-0.2, -0.15) is 0 Å². The van der Waals surface area contributed by atoms with Crippen LogP contribution in [0.1, 0.15) is 21.5 Å². The van der Waals surface area contributed by atoms with Crippen molar-refractivity contribution in [2.45, 2.75) is 13.0 Å². The third kappa shape index (κ3) is 4.73. The van der Waals surface area contributed by atoms with Crippen molar-refractivity contribution in [2.24, 2.45) is 0 Å². The van der Waals surface area contributed by atoms with Gasteiger partial charge in [-0.1, -0.05) is 45.9 Å². The largest absolute Gasteiger partial charge is 0.449 e. The molecule has 0 atom stereocenters. The van der Waals surface area contributed by atoms with Gasteiger partial charge in [0.05, 0.1) is 5.56 Å². The molecule has 0 unspecified atom stereocenters. The summed E-state index contributed by atoms with van der Waals surface area (Å²) < 4.78 is 19.3. The van der Waals surface area contributed by atoms with Crippen LogP contribution in [-0.2, 0) is 17.7 Å². The molecule has 1 aromatic heterocycles. The van der Waals surface area contributed by atoms with Gasteiger partial charge in [0, 0.05) is 42.5 Å². The molecule has 0 saturated heterocycles. The van der Waals surface area contributed by atoms with Crippen LogP contribution < -0.4 is 5.32 Å². The van der Waals surface area contributed by atoms with Gasteiger partial charge >= 0.3 is 6.09 Å². The van der Waals surface area contributed by atoms with Crippen LogP contribution in [0.5, 0.6) is 0 Å². The number of H-pyrrole nitrogens is 1. The van der Waals surface area contributed by atoms with Crippen LogP contribution in [0, 0.1) is 5.82 Å². The summed E-state index contributed by atoms with van der Waals surface area (Å²) in [6, 6.07) is 10.6. The normalized spacial score (nSPS) is 13.0. The van der Waals surface area contributed by atoms with Gasteiger partial charge < -0.3 is 19.9 Å². The standard InChI is InChI=1S/C23H24FN3O3S2/c1-27(23(29)30-9-10-32-31-2)13-14-3-5-15(6-4-14)21-17-7-8-25-22(28)18-11-16(24)12-19(26-21)20(17)18/h3-6,11-12,26H,7-10,13H2,1-2H3,(H,25,28). The molecule has 2 N–H and O–H groups in total. The Morgan fingerprint density at radius 1 is 1.25 bits per heavy atom. The Morgan fingerprint density at radius 2 is 2.03 bits per heavy atom. The zero-order chi connectivity index (χ0) is 22.7. The van der Waals surface area contributed by atoms with E-state index in [1.807, 2.05) is 30.5 Å². The minimum atomic E-state index is -0.443. The molecule has 3 aromatic rings. The third-order valence-corrected chi connectivity index (χ3v) is 7.13. The number of hydrogen-bond acceptors (Lipinski definition) is 5. The maximum atomic E-state index is 14.1. The van der Waals surface area contributed by atoms with Crippen molar-refractivity contribution in [3.05, 3.63) is 58.9 Å². The number of nitrogens with one attached hydrogen (secondary N) is 2. The van der Waals surface area contributed by atoms with Crippen LogP contribution in [-0.4, -0.2) is 54.1 Å². The number of carbonyl (C=O) groups excluding carboxylic acids is 2. The second-order valence-corrected chi connectivity index (χ2v) is 10.2. The highest BCUT2D eigenvalue weighted by atomic mass is 33.1. The first-order valence-electron chi connectivity index (χ1n) is 10.2. The zero-order valence-electron chi connectivity index (χ0n) is 17.9. The van der Waals surface area contributed by atoms with Crippen LogP contribution >= 0.6 is 21.6 Å². The van der Waals surface area contributed by atoms with E-state index in [1.54, 1.807) is 33.5 Å². The van der Waals surface area contributed by atoms with Crippen molar-refractivity contribution in [2.75, 3.05) is 32.2 Å². The van der Waals surface area contributed by atoms with Crippen LogP contribution in [0.3, 0.4) is 0 Å². The summed E-state index contributed by atoms with van der Waals surface area (Å²) in [5, 5.41) is 3.62. The first kappa shape index (κ1) is 22.5. The Bertz CT molecular complexity index is 1150. The molecular weight excluding hydrogens is 449 g/mol. The summed E-state index contributed by atoms with van der Waals surface area (Å²) in [6.45, 7) is 1.31. The Hall–Kier alpha value is -2.65. The monoisotopic (exact) mass is 473 g/mol. The zero-order valence-corrected chi connectivity index (χ0v) is 19.5. The van der Waals surface area contributed by atoms with E-state index in [0.717, 1.165) is 33.5 Å². The van der Waals surface area contributed by atoms with Crippen molar-refractivity contribution < 1.29 is 18.7 Å². The fraction of sp³-hybridized carbons (Fsp3) is 0.304. The Labute approximate surface area is 193 Å². The number of ether oxygens (including phenoxy) is 1. The third-order valence-electron chi connectivity index (χ3n) is 5.36. The molecule has 2 amide bonds. The summed E-state index contributed by atoms with van der Waals surface area (Å²) in [5.41, 5.74) is 4.78. The molecule has 1 aliphatic rings. The first-order valence-corrected chi connectivity index (χ1v) is 13.0. The molecule has 2 heterocycles.